The number of aromatic nitrogens is 8. The molecular formula is C4H8N10. The van der Waals surface area contributed by atoms with E-state index in [4.69, 9.17) is 11.5 Å². The van der Waals surface area contributed by atoms with Gasteiger partial charge in [-0.1, -0.05) is 10.2 Å². The van der Waals surface area contributed by atoms with Crippen LogP contribution in [-0.4, -0.2) is 40.4 Å². The number of tetrazole rings is 2. The van der Waals surface area contributed by atoms with E-state index >= 15 is 0 Å². The van der Waals surface area contributed by atoms with E-state index in [2.05, 4.69) is 30.9 Å². The number of aryl methyl sites for hydroxylation is 2. The summed E-state index contributed by atoms with van der Waals surface area (Å²) in [5, 5.41) is 21.5. The number of anilines is 2. The van der Waals surface area contributed by atoms with Crippen molar-refractivity contribution in [3.8, 4) is 0 Å². The average Bonchev–Trinajstić information content (AvgIpc) is 2.72. The first kappa shape index (κ1) is 8.34. The van der Waals surface area contributed by atoms with E-state index < -0.39 is 0 Å². The van der Waals surface area contributed by atoms with E-state index in [-0.39, 0.29) is 11.9 Å². The van der Waals surface area contributed by atoms with Crippen molar-refractivity contribution in [2.24, 2.45) is 0 Å². The van der Waals surface area contributed by atoms with Gasteiger partial charge in [0, 0.05) is 0 Å². The molecule has 0 atom stereocenters. The van der Waals surface area contributed by atoms with Gasteiger partial charge in [-0.05, 0) is 15.6 Å². The van der Waals surface area contributed by atoms with Crippen LogP contribution >= 0.6 is 0 Å². The van der Waals surface area contributed by atoms with Crippen LogP contribution in [0.2, 0.25) is 0 Å². The molecule has 0 amide bonds. The lowest BCUT2D eigenvalue weighted by atomic mass is 10.6. The van der Waals surface area contributed by atoms with Gasteiger partial charge in [-0.15, -0.1) is 5.10 Å². The lowest BCUT2D eigenvalue weighted by Crippen LogP contribution is -2.13. The Morgan fingerprint density at radius 3 is 2.50 bits per heavy atom. The summed E-state index contributed by atoms with van der Waals surface area (Å²) >= 11 is 0. The second kappa shape index (κ2) is 3.24. The average molecular weight is 196 g/mol. The molecule has 2 aromatic heterocycles. The zero-order valence-corrected chi connectivity index (χ0v) is 7.15. The first-order chi connectivity index (χ1) is 6.75. The number of nitrogen functional groups attached to an aromatic ring is 2. The first-order valence-corrected chi connectivity index (χ1v) is 3.80. The number of nitrogens with zero attached hydrogens (tertiary/aromatic N) is 8. The fourth-order valence-electron chi connectivity index (χ4n) is 0.905. The van der Waals surface area contributed by atoms with Crippen LogP contribution in [0.4, 0.5) is 11.9 Å². The van der Waals surface area contributed by atoms with Crippen LogP contribution in [0.5, 0.6) is 0 Å². The standard InChI is InChI=1S/C4H8N10/c5-3-7-11-14(9-3)2-1-13-4(6)8-10-12-13/h1-2H2,(H2,5,9)(H2,6,8,12). The van der Waals surface area contributed by atoms with E-state index in [1.54, 1.807) is 0 Å². The molecule has 14 heavy (non-hydrogen) atoms. The van der Waals surface area contributed by atoms with E-state index in [0.717, 1.165) is 0 Å². The summed E-state index contributed by atoms with van der Waals surface area (Å²) in [6.45, 7) is 0.925. The third-order valence-electron chi connectivity index (χ3n) is 1.54. The molecule has 74 valence electrons. The molecule has 0 bridgehead atoms. The van der Waals surface area contributed by atoms with Crippen LogP contribution in [0.3, 0.4) is 0 Å². The number of nitrogens with two attached hydrogens (primary N) is 2. The minimum Gasteiger partial charge on any atom is -0.367 e. The van der Waals surface area contributed by atoms with Gasteiger partial charge in [0.2, 0.25) is 5.95 Å². The Balaban J connectivity index is 1.98. The molecule has 0 saturated heterocycles. The maximum atomic E-state index is 5.45. The normalized spacial score (nSPS) is 10.6. The van der Waals surface area contributed by atoms with Gasteiger partial charge in [0.15, 0.2) is 0 Å². The SMILES string of the molecule is Nc1nnn(CCn2nnnc2N)n1. The molecule has 0 fully saturated rings. The maximum absolute atomic E-state index is 5.45. The fraction of sp³-hybridized carbons (Fsp3) is 0.500. The van der Waals surface area contributed by atoms with Crippen molar-refractivity contribution >= 4 is 11.9 Å². The molecule has 10 nitrogen and oxygen atoms in total. The first-order valence-electron chi connectivity index (χ1n) is 3.80. The third-order valence-corrected chi connectivity index (χ3v) is 1.54. The van der Waals surface area contributed by atoms with Crippen LogP contribution in [0, 0.1) is 0 Å². The van der Waals surface area contributed by atoms with Gasteiger partial charge < -0.3 is 11.5 Å². The van der Waals surface area contributed by atoms with E-state index in [0.29, 0.717) is 13.1 Å². The molecule has 0 aromatic carbocycles. The van der Waals surface area contributed by atoms with E-state index in [9.17, 15) is 0 Å². The highest BCUT2D eigenvalue weighted by Crippen LogP contribution is 1.93. The van der Waals surface area contributed by atoms with Gasteiger partial charge in [-0.2, -0.15) is 4.80 Å². The molecule has 4 N–H and O–H groups in total. The smallest absolute Gasteiger partial charge is 0.260 e. The molecule has 0 aliphatic carbocycles. The second-order valence-electron chi connectivity index (χ2n) is 2.50. The van der Waals surface area contributed by atoms with Crippen molar-refractivity contribution in [1.82, 2.24) is 40.4 Å². The molecule has 0 radical (unpaired) electrons. The van der Waals surface area contributed by atoms with Crippen molar-refractivity contribution < 1.29 is 0 Å². The Kier molecular flexibility index (Phi) is 1.93. The highest BCUT2D eigenvalue weighted by Gasteiger charge is 2.02. The van der Waals surface area contributed by atoms with E-state index in [1.165, 1.54) is 9.48 Å². The summed E-state index contributed by atoms with van der Waals surface area (Å²) in [7, 11) is 0. The van der Waals surface area contributed by atoms with Crippen molar-refractivity contribution in [2.75, 3.05) is 11.5 Å². The monoisotopic (exact) mass is 196 g/mol. The van der Waals surface area contributed by atoms with Crippen LogP contribution in [0.25, 0.3) is 0 Å². The number of rotatable bonds is 3. The van der Waals surface area contributed by atoms with Gasteiger partial charge in [0.1, 0.15) is 0 Å². The molecule has 0 aliphatic heterocycles. The quantitative estimate of drug-likeness (QED) is 0.550. The summed E-state index contributed by atoms with van der Waals surface area (Å²) < 4.78 is 1.43. The highest BCUT2D eigenvalue weighted by molar-refractivity contribution is 5.09. The van der Waals surface area contributed by atoms with Crippen LogP contribution in [0.15, 0.2) is 0 Å². The molecule has 2 heterocycles. The lowest BCUT2D eigenvalue weighted by Gasteiger charge is -1.98. The highest BCUT2D eigenvalue weighted by atomic mass is 15.6. The Bertz CT molecular complexity index is 413. The molecule has 10 heteroatoms. The maximum Gasteiger partial charge on any atom is 0.260 e. The molecular weight excluding hydrogens is 188 g/mol. The minimum absolute atomic E-state index is 0.134. The van der Waals surface area contributed by atoms with Crippen LogP contribution in [-0.2, 0) is 13.1 Å². The molecule has 0 aliphatic rings. The van der Waals surface area contributed by atoms with Gasteiger partial charge in [0.05, 0.1) is 13.1 Å². The minimum atomic E-state index is 0.134. The summed E-state index contributed by atoms with van der Waals surface area (Å²) in [6, 6.07) is 0. The zero-order chi connectivity index (χ0) is 9.97. The Hall–Kier alpha value is -2.26. The predicted octanol–water partition coefficient (Wildman–Crippen LogP) is -2.48. The van der Waals surface area contributed by atoms with E-state index in [1.807, 2.05) is 0 Å². The Morgan fingerprint density at radius 1 is 1.07 bits per heavy atom. The van der Waals surface area contributed by atoms with Gasteiger partial charge in [-0.25, -0.2) is 4.68 Å². The predicted molar refractivity (Wildman–Crippen MR) is 44.5 cm³/mol. The van der Waals surface area contributed by atoms with Crippen molar-refractivity contribution in [2.45, 2.75) is 13.1 Å². The zero-order valence-electron chi connectivity index (χ0n) is 7.15. The summed E-state index contributed by atoms with van der Waals surface area (Å²) in [6.07, 6.45) is 0. The van der Waals surface area contributed by atoms with Crippen molar-refractivity contribution in [3.63, 3.8) is 0 Å². The molecule has 2 rings (SSSR count). The number of hydrogen-bond donors (Lipinski definition) is 2. The topological polar surface area (TPSA) is 139 Å². The second-order valence-corrected chi connectivity index (χ2v) is 2.50. The third kappa shape index (κ3) is 1.57. The Labute approximate surface area is 77.9 Å². The lowest BCUT2D eigenvalue weighted by molar-refractivity contribution is 0.447. The summed E-state index contributed by atoms with van der Waals surface area (Å²) in [5.74, 6) is 0.382. The Morgan fingerprint density at radius 2 is 1.93 bits per heavy atom. The molecule has 0 spiro atoms. The van der Waals surface area contributed by atoms with Crippen molar-refractivity contribution in [3.05, 3.63) is 0 Å². The van der Waals surface area contributed by atoms with Crippen molar-refractivity contribution in [1.29, 1.82) is 0 Å². The largest absolute Gasteiger partial charge is 0.367 e. The summed E-state index contributed by atoms with van der Waals surface area (Å²) in [5.41, 5.74) is 10.7. The molecule has 0 unspecified atom stereocenters. The molecule has 0 saturated carbocycles. The molecule has 2 aromatic rings. The summed E-state index contributed by atoms with van der Waals surface area (Å²) in [4.78, 5) is 1.34. The van der Waals surface area contributed by atoms with Crippen LogP contribution in [0.1, 0.15) is 0 Å². The fourth-order valence-corrected chi connectivity index (χ4v) is 0.905. The van der Waals surface area contributed by atoms with Gasteiger partial charge >= 0.3 is 0 Å². The van der Waals surface area contributed by atoms with Gasteiger partial charge in [-0.3, -0.25) is 0 Å². The van der Waals surface area contributed by atoms with Gasteiger partial charge in [0.25, 0.3) is 5.95 Å². The van der Waals surface area contributed by atoms with Crippen LogP contribution < -0.4 is 11.5 Å². The number of hydrogen-bond acceptors (Lipinski definition) is 8.